The fraction of sp³-hybridized carbons (Fsp3) is 0.484. The van der Waals surface area contributed by atoms with Crippen LogP contribution >= 0.6 is 0 Å². The van der Waals surface area contributed by atoms with Crippen LogP contribution in [0.3, 0.4) is 0 Å². The van der Waals surface area contributed by atoms with Crippen LogP contribution in [0.1, 0.15) is 62.2 Å². The van der Waals surface area contributed by atoms with Crippen LogP contribution in [0, 0.1) is 17.7 Å². The molecule has 1 aliphatic rings. The summed E-state index contributed by atoms with van der Waals surface area (Å²) in [5.74, 6) is 0.469. The largest absolute Gasteiger partial charge is 0.497 e. The number of piperidine rings is 1. The van der Waals surface area contributed by atoms with Gasteiger partial charge in [-0.3, -0.25) is 9.78 Å². The van der Waals surface area contributed by atoms with Crippen molar-refractivity contribution in [3.05, 3.63) is 71.7 Å². The van der Waals surface area contributed by atoms with Gasteiger partial charge in [0.25, 0.3) is 0 Å². The summed E-state index contributed by atoms with van der Waals surface area (Å²) in [5, 5.41) is 21.3. The molecule has 2 heterocycles. The molecule has 1 aliphatic heterocycles. The quantitative estimate of drug-likeness (QED) is 0.267. The summed E-state index contributed by atoms with van der Waals surface area (Å²) in [6, 6.07) is 14.4. The summed E-state index contributed by atoms with van der Waals surface area (Å²) < 4.78 is 18.8. The van der Waals surface area contributed by atoms with E-state index >= 15 is 0 Å². The summed E-state index contributed by atoms with van der Waals surface area (Å²) in [5.41, 5.74) is 2.71. The van der Waals surface area contributed by atoms with Gasteiger partial charge in [0, 0.05) is 24.5 Å². The summed E-state index contributed by atoms with van der Waals surface area (Å²) >= 11 is 0. The number of hydrogen-bond donors (Lipinski definition) is 2. The van der Waals surface area contributed by atoms with Gasteiger partial charge in [0.05, 0.1) is 18.7 Å². The Bertz CT molecular complexity index is 1200. The molecule has 1 aromatic heterocycles. The molecule has 2 aromatic carbocycles. The number of pyridine rings is 1. The van der Waals surface area contributed by atoms with E-state index in [1.54, 1.807) is 25.4 Å². The number of unbranched alkanes of at least 4 members (excludes halogenated alkanes) is 1. The van der Waals surface area contributed by atoms with Crippen molar-refractivity contribution in [3.8, 4) is 5.75 Å². The van der Waals surface area contributed by atoms with Gasteiger partial charge >= 0.3 is 5.97 Å². The van der Waals surface area contributed by atoms with Gasteiger partial charge < -0.3 is 19.8 Å². The Morgan fingerprint density at radius 1 is 1.16 bits per heavy atom. The van der Waals surface area contributed by atoms with E-state index in [4.69, 9.17) is 4.74 Å². The van der Waals surface area contributed by atoms with Gasteiger partial charge in [-0.15, -0.1) is 0 Å². The number of nitrogens with zero attached hydrogens (tertiary/aromatic N) is 2. The number of aromatic nitrogens is 1. The molecule has 0 aliphatic carbocycles. The normalized spacial score (nSPS) is 18.9. The molecule has 0 bridgehead atoms. The van der Waals surface area contributed by atoms with Crippen molar-refractivity contribution in [2.45, 2.75) is 57.5 Å². The van der Waals surface area contributed by atoms with Gasteiger partial charge in [-0.25, -0.2) is 4.39 Å². The number of benzene rings is 2. The molecular weight excluding hydrogens is 483 g/mol. The standard InChI is InChI=1S/C31H39FN2O4/c1-38-26-10-11-29-28(20-26)27(14-16-33-29)30(35)12-8-23-15-18-34(21-24(23)9-13-31(36)37)17-3-2-5-22-6-4-7-25(32)19-22/h4,6-7,10-11,14,16,19-20,23-24,30,35H,2-3,5,8-9,12-13,15,17-18,21H2,1H3,(H,36,37)/t23-,24-,30-/m1/s1. The molecule has 0 saturated carbocycles. The zero-order valence-corrected chi connectivity index (χ0v) is 22.2. The first-order chi connectivity index (χ1) is 18.4. The number of hydrogen-bond acceptors (Lipinski definition) is 5. The maximum atomic E-state index is 13.4. The molecule has 3 atom stereocenters. The van der Waals surface area contributed by atoms with Gasteiger partial charge in [0.1, 0.15) is 11.6 Å². The summed E-state index contributed by atoms with van der Waals surface area (Å²) in [4.78, 5) is 18.2. The highest BCUT2D eigenvalue weighted by atomic mass is 19.1. The van der Waals surface area contributed by atoms with Crippen LogP contribution in [0.2, 0.25) is 0 Å². The van der Waals surface area contributed by atoms with E-state index in [-0.39, 0.29) is 12.2 Å². The SMILES string of the molecule is COc1ccc2nccc([C@H](O)CC[C@@H]3CCN(CCCCc4cccc(F)c4)C[C@H]3CCC(=O)O)c2c1. The highest BCUT2D eigenvalue weighted by molar-refractivity contribution is 5.83. The number of carboxylic acids is 1. The molecule has 4 rings (SSSR count). The predicted molar refractivity (Wildman–Crippen MR) is 147 cm³/mol. The predicted octanol–water partition coefficient (Wildman–Crippen LogP) is 6.02. The lowest BCUT2D eigenvalue weighted by atomic mass is 9.79. The second kappa shape index (κ2) is 13.7. The van der Waals surface area contributed by atoms with E-state index in [1.165, 1.54) is 6.07 Å². The van der Waals surface area contributed by atoms with Crippen molar-refractivity contribution < 1.29 is 24.1 Å². The maximum absolute atomic E-state index is 13.4. The van der Waals surface area contributed by atoms with E-state index in [2.05, 4.69) is 9.88 Å². The van der Waals surface area contributed by atoms with Crippen molar-refractivity contribution in [3.63, 3.8) is 0 Å². The van der Waals surface area contributed by atoms with E-state index in [0.29, 0.717) is 24.7 Å². The zero-order valence-electron chi connectivity index (χ0n) is 22.2. The van der Waals surface area contributed by atoms with Crippen LogP contribution in [-0.2, 0) is 11.2 Å². The summed E-state index contributed by atoms with van der Waals surface area (Å²) in [7, 11) is 1.63. The molecule has 0 spiro atoms. The highest BCUT2D eigenvalue weighted by Crippen LogP contribution is 2.35. The number of carboxylic acid groups (broad SMARTS) is 1. The number of fused-ring (bicyclic) bond motifs is 1. The minimum Gasteiger partial charge on any atom is -0.497 e. The molecular formula is C31H39FN2O4. The Balaban J connectivity index is 1.32. The third-order valence-electron chi connectivity index (χ3n) is 7.94. The van der Waals surface area contributed by atoms with Gasteiger partial charge in [-0.05, 0) is 117 Å². The van der Waals surface area contributed by atoms with Crippen LogP contribution in [0.4, 0.5) is 4.39 Å². The first kappa shape index (κ1) is 28.0. The minimum absolute atomic E-state index is 0.173. The average Bonchev–Trinajstić information content (AvgIpc) is 2.92. The second-order valence-corrected chi connectivity index (χ2v) is 10.5. The maximum Gasteiger partial charge on any atom is 0.303 e. The number of rotatable bonds is 13. The van der Waals surface area contributed by atoms with Crippen molar-refractivity contribution in [1.29, 1.82) is 0 Å². The first-order valence-corrected chi connectivity index (χ1v) is 13.7. The van der Waals surface area contributed by atoms with Gasteiger partial charge in [-0.1, -0.05) is 12.1 Å². The number of ether oxygens (including phenoxy) is 1. The summed E-state index contributed by atoms with van der Waals surface area (Å²) in [6.07, 6.45) is 7.33. The molecule has 6 nitrogen and oxygen atoms in total. The lowest BCUT2D eigenvalue weighted by Crippen LogP contribution is -2.41. The molecule has 38 heavy (non-hydrogen) atoms. The number of aliphatic hydroxyl groups is 1. The smallest absolute Gasteiger partial charge is 0.303 e. The fourth-order valence-electron chi connectivity index (χ4n) is 5.82. The molecule has 7 heteroatoms. The average molecular weight is 523 g/mol. The van der Waals surface area contributed by atoms with Crippen LogP contribution < -0.4 is 4.74 Å². The third-order valence-corrected chi connectivity index (χ3v) is 7.94. The topological polar surface area (TPSA) is 82.9 Å². The zero-order chi connectivity index (χ0) is 26.9. The van der Waals surface area contributed by atoms with Crippen molar-refractivity contribution in [2.24, 2.45) is 11.8 Å². The number of aliphatic hydroxyl groups excluding tert-OH is 1. The highest BCUT2D eigenvalue weighted by Gasteiger charge is 2.30. The lowest BCUT2D eigenvalue weighted by molar-refractivity contribution is -0.137. The van der Waals surface area contributed by atoms with Gasteiger partial charge in [0.2, 0.25) is 0 Å². The first-order valence-electron chi connectivity index (χ1n) is 13.7. The van der Waals surface area contributed by atoms with E-state index in [1.807, 2.05) is 30.3 Å². The Kier molecular flexibility index (Phi) is 10.1. The summed E-state index contributed by atoms with van der Waals surface area (Å²) in [6.45, 7) is 2.85. The molecule has 1 fully saturated rings. The Morgan fingerprint density at radius 2 is 2.03 bits per heavy atom. The van der Waals surface area contributed by atoms with E-state index in [0.717, 1.165) is 79.5 Å². The number of halogens is 1. The van der Waals surface area contributed by atoms with Crippen LogP contribution in [0.5, 0.6) is 5.75 Å². The van der Waals surface area contributed by atoms with E-state index < -0.39 is 12.1 Å². The lowest BCUT2D eigenvalue weighted by Gasteiger charge is -2.39. The number of aryl methyl sites for hydroxylation is 1. The molecule has 0 amide bonds. The molecule has 0 radical (unpaired) electrons. The molecule has 1 saturated heterocycles. The monoisotopic (exact) mass is 522 g/mol. The van der Waals surface area contributed by atoms with Crippen LogP contribution in [-0.4, -0.2) is 52.8 Å². The van der Waals surface area contributed by atoms with Crippen molar-refractivity contribution in [1.82, 2.24) is 9.88 Å². The number of likely N-dealkylation sites (tertiary alicyclic amines) is 1. The van der Waals surface area contributed by atoms with Crippen LogP contribution in [0.25, 0.3) is 10.9 Å². The molecule has 2 N–H and O–H groups in total. The van der Waals surface area contributed by atoms with Crippen molar-refractivity contribution in [2.75, 3.05) is 26.7 Å². The van der Waals surface area contributed by atoms with Crippen LogP contribution in [0.15, 0.2) is 54.7 Å². The van der Waals surface area contributed by atoms with Crippen molar-refractivity contribution >= 4 is 16.9 Å². The number of aliphatic carboxylic acids is 1. The minimum atomic E-state index is -0.756. The number of carbonyl (C=O) groups is 1. The molecule has 0 unspecified atom stereocenters. The van der Waals surface area contributed by atoms with Gasteiger partial charge in [-0.2, -0.15) is 0 Å². The Labute approximate surface area is 224 Å². The second-order valence-electron chi connectivity index (χ2n) is 10.5. The fourth-order valence-corrected chi connectivity index (χ4v) is 5.82. The van der Waals surface area contributed by atoms with E-state index in [9.17, 15) is 19.4 Å². The number of methoxy groups -OCH3 is 1. The Morgan fingerprint density at radius 3 is 2.82 bits per heavy atom. The van der Waals surface area contributed by atoms with Gasteiger partial charge in [0.15, 0.2) is 0 Å². The molecule has 3 aromatic rings. The third kappa shape index (κ3) is 7.74. The molecule has 204 valence electrons. The Hall–Kier alpha value is -3.03.